The van der Waals surface area contributed by atoms with E-state index in [2.05, 4.69) is 34.4 Å². The number of amides is 1. The van der Waals surface area contributed by atoms with Crippen LogP contribution in [0.15, 0.2) is 59.6 Å². The molecule has 1 aromatic heterocycles. The maximum absolute atomic E-state index is 13.0. The molecule has 0 spiro atoms. The summed E-state index contributed by atoms with van der Waals surface area (Å²) in [6.07, 6.45) is 1.65. The third kappa shape index (κ3) is 4.64. The molecule has 0 radical (unpaired) electrons. The first-order valence-electron chi connectivity index (χ1n) is 11.5. The summed E-state index contributed by atoms with van der Waals surface area (Å²) in [4.78, 5) is 21.4. The van der Waals surface area contributed by atoms with Crippen LogP contribution in [0.1, 0.15) is 29.8 Å². The van der Waals surface area contributed by atoms with E-state index in [1.807, 2.05) is 24.3 Å². The standard InChI is InChI=1S/C25H27N5O4S/c1-25(2)16-27-23(31)20-7-6-17(14-21(20)25)22-8-9-26-24(29-22)28-18-4-3-5-19(15-18)35(32,33)30-10-12-34-13-11-30/h3-9,14-15H,10-13,16H2,1-2H3,(H,27,31)(H,26,28,29). The van der Waals surface area contributed by atoms with Crippen LogP contribution >= 0.6 is 0 Å². The van der Waals surface area contributed by atoms with Crippen LogP contribution in [-0.4, -0.2) is 61.4 Å². The Hall–Kier alpha value is -3.34. The van der Waals surface area contributed by atoms with E-state index in [0.717, 1.165) is 11.1 Å². The van der Waals surface area contributed by atoms with Crippen molar-refractivity contribution in [1.29, 1.82) is 0 Å². The molecule has 2 aliphatic rings. The van der Waals surface area contributed by atoms with Crippen LogP contribution in [0.4, 0.5) is 11.6 Å². The molecule has 35 heavy (non-hydrogen) atoms. The number of aromatic nitrogens is 2. The minimum atomic E-state index is -3.61. The lowest BCUT2D eigenvalue weighted by atomic mass is 9.78. The summed E-state index contributed by atoms with van der Waals surface area (Å²) in [6, 6.07) is 14.2. The van der Waals surface area contributed by atoms with Gasteiger partial charge < -0.3 is 15.4 Å². The van der Waals surface area contributed by atoms with Crippen molar-refractivity contribution in [2.45, 2.75) is 24.2 Å². The number of carbonyl (C=O) groups is 1. The van der Waals surface area contributed by atoms with Crippen molar-refractivity contribution in [1.82, 2.24) is 19.6 Å². The van der Waals surface area contributed by atoms with Crippen molar-refractivity contribution in [3.05, 3.63) is 65.9 Å². The molecule has 3 heterocycles. The highest BCUT2D eigenvalue weighted by Gasteiger charge is 2.32. The zero-order chi connectivity index (χ0) is 24.6. The molecule has 0 saturated carbocycles. The van der Waals surface area contributed by atoms with E-state index >= 15 is 0 Å². The van der Waals surface area contributed by atoms with Crippen molar-refractivity contribution < 1.29 is 17.9 Å². The lowest BCUT2D eigenvalue weighted by Gasteiger charge is -2.32. The van der Waals surface area contributed by atoms with E-state index in [4.69, 9.17) is 4.74 Å². The van der Waals surface area contributed by atoms with Gasteiger partial charge in [-0.15, -0.1) is 0 Å². The molecule has 3 aromatic rings. The van der Waals surface area contributed by atoms with Gasteiger partial charge in [0.25, 0.3) is 5.91 Å². The number of nitrogens with zero attached hydrogens (tertiary/aromatic N) is 3. The summed E-state index contributed by atoms with van der Waals surface area (Å²) in [5, 5.41) is 6.05. The second-order valence-electron chi connectivity index (χ2n) is 9.26. The molecule has 182 valence electrons. The molecule has 1 saturated heterocycles. The molecule has 0 atom stereocenters. The fraction of sp³-hybridized carbons (Fsp3) is 0.320. The minimum absolute atomic E-state index is 0.0668. The van der Waals surface area contributed by atoms with Gasteiger partial charge in [-0.05, 0) is 42.0 Å². The van der Waals surface area contributed by atoms with E-state index in [0.29, 0.717) is 55.7 Å². The zero-order valence-electron chi connectivity index (χ0n) is 19.6. The quantitative estimate of drug-likeness (QED) is 0.562. The summed E-state index contributed by atoms with van der Waals surface area (Å²) in [5.41, 5.74) is 3.60. The van der Waals surface area contributed by atoms with E-state index in [1.54, 1.807) is 30.5 Å². The van der Waals surface area contributed by atoms with Gasteiger partial charge in [0.05, 0.1) is 23.8 Å². The molecule has 0 unspecified atom stereocenters. The van der Waals surface area contributed by atoms with Gasteiger partial charge in [-0.1, -0.05) is 26.0 Å². The van der Waals surface area contributed by atoms with Crippen LogP contribution in [0.5, 0.6) is 0 Å². The van der Waals surface area contributed by atoms with Crippen LogP contribution in [0, 0.1) is 0 Å². The number of fused-ring (bicyclic) bond motifs is 1. The van der Waals surface area contributed by atoms with Crippen molar-refractivity contribution in [2.75, 3.05) is 38.2 Å². The maximum atomic E-state index is 13.0. The minimum Gasteiger partial charge on any atom is -0.379 e. The first kappa shape index (κ1) is 23.4. The Labute approximate surface area is 204 Å². The predicted octanol–water partition coefficient (Wildman–Crippen LogP) is 2.93. The summed E-state index contributed by atoms with van der Waals surface area (Å²) in [5.74, 6) is 0.279. The van der Waals surface area contributed by atoms with Gasteiger partial charge in [-0.3, -0.25) is 4.79 Å². The fourth-order valence-electron chi connectivity index (χ4n) is 4.33. The highest BCUT2D eigenvalue weighted by molar-refractivity contribution is 7.89. The predicted molar refractivity (Wildman–Crippen MR) is 132 cm³/mol. The average Bonchev–Trinajstić information content (AvgIpc) is 2.87. The van der Waals surface area contributed by atoms with Crippen molar-refractivity contribution in [3.63, 3.8) is 0 Å². The Morgan fingerprint density at radius 3 is 2.69 bits per heavy atom. The molecule has 10 heteroatoms. The number of sulfonamides is 1. The van der Waals surface area contributed by atoms with Crippen LogP contribution in [0.3, 0.4) is 0 Å². The van der Waals surface area contributed by atoms with Crippen LogP contribution in [-0.2, 0) is 20.2 Å². The number of hydrogen-bond donors (Lipinski definition) is 2. The number of hydrogen-bond acceptors (Lipinski definition) is 7. The van der Waals surface area contributed by atoms with Gasteiger partial charge in [0.2, 0.25) is 16.0 Å². The number of benzene rings is 2. The van der Waals surface area contributed by atoms with E-state index in [1.165, 1.54) is 4.31 Å². The molecule has 2 aromatic carbocycles. The van der Waals surface area contributed by atoms with Crippen LogP contribution in [0.2, 0.25) is 0 Å². The Kier molecular flexibility index (Phi) is 6.04. The summed E-state index contributed by atoms with van der Waals surface area (Å²) < 4.78 is 32.7. The van der Waals surface area contributed by atoms with Crippen molar-refractivity contribution >= 4 is 27.6 Å². The Morgan fingerprint density at radius 2 is 1.89 bits per heavy atom. The third-order valence-electron chi connectivity index (χ3n) is 6.33. The Bertz CT molecular complexity index is 1380. The van der Waals surface area contributed by atoms with Crippen LogP contribution in [0.25, 0.3) is 11.3 Å². The van der Waals surface area contributed by atoms with Gasteiger partial charge >= 0.3 is 0 Å². The number of ether oxygens (including phenoxy) is 1. The Morgan fingerprint density at radius 1 is 1.09 bits per heavy atom. The molecular weight excluding hydrogens is 466 g/mol. The molecule has 9 nitrogen and oxygen atoms in total. The number of anilines is 2. The van der Waals surface area contributed by atoms with E-state index in [9.17, 15) is 13.2 Å². The molecule has 0 bridgehead atoms. The van der Waals surface area contributed by atoms with Gasteiger partial charge in [-0.25, -0.2) is 18.4 Å². The van der Waals surface area contributed by atoms with Gasteiger partial charge in [0.1, 0.15) is 0 Å². The van der Waals surface area contributed by atoms with E-state index in [-0.39, 0.29) is 16.2 Å². The van der Waals surface area contributed by atoms with Gasteiger partial charge in [0, 0.05) is 48.1 Å². The lowest BCUT2D eigenvalue weighted by Crippen LogP contribution is -2.43. The largest absolute Gasteiger partial charge is 0.379 e. The smallest absolute Gasteiger partial charge is 0.251 e. The lowest BCUT2D eigenvalue weighted by molar-refractivity contribution is 0.0730. The van der Waals surface area contributed by atoms with E-state index < -0.39 is 10.0 Å². The summed E-state index contributed by atoms with van der Waals surface area (Å²) in [6.45, 7) is 6.22. The fourth-order valence-corrected chi connectivity index (χ4v) is 5.79. The first-order valence-corrected chi connectivity index (χ1v) is 12.9. The number of rotatable bonds is 5. The third-order valence-corrected chi connectivity index (χ3v) is 8.23. The molecule has 5 rings (SSSR count). The molecule has 2 aliphatic heterocycles. The normalized spacial score (nSPS) is 17.9. The second kappa shape index (κ2) is 9.03. The highest BCUT2D eigenvalue weighted by atomic mass is 32.2. The van der Waals surface area contributed by atoms with Crippen molar-refractivity contribution in [2.24, 2.45) is 0 Å². The molecule has 1 amide bonds. The summed E-state index contributed by atoms with van der Waals surface area (Å²) >= 11 is 0. The number of carbonyl (C=O) groups excluding carboxylic acids is 1. The molecule has 0 aliphatic carbocycles. The SMILES string of the molecule is CC1(C)CNC(=O)c2ccc(-c3ccnc(Nc4cccc(S(=O)(=O)N5CCOCC5)c4)n3)cc21. The Balaban J connectivity index is 1.41. The summed E-state index contributed by atoms with van der Waals surface area (Å²) in [7, 11) is -3.61. The first-order chi connectivity index (χ1) is 16.7. The average molecular weight is 494 g/mol. The van der Waals surface area contributed by atoms with Gasteiger partial charge in [0.15, 0.2) is 0 Å². The van der Waals surface area contributed by atoms with Gasteiger partial charge in [-0.2, -0.15) is 4.31 Å². The monoisotopic (exact) mass is 493 g/mol. The number of morpholine rings is 1. The highest BCUT2D eigenvalue weighted by Crippen LogP contribution is 2.33. The molecule has 2 N–H and O–H groups in total. The van der Waals surface area contributed by atoms with Crippen LogP contribution < -0.4 is 10.6 Å². The second-order valence-corrected chi connectivity index (χ2v) is 11.2. The molecule has 1 fully saturated rings. The molecular formula is C25H27N5O4S. The topological polar surface area (TPSA) is 114 Å². The van der Waals surface area contributed by atoms with Crippen molar-refractivity contribution in [3.8, 4) is 11.3 Å². The maximum Gasteiger partial charge on any atom is 0.251 e. The number of nitrogens with one attached hydrogen (secondary N) is 2. The zero-order valence-corrected chi connectivity index (χ0v) is 20.4.